The molecule has 3 heteroatoms. The van der Waals surface area contributed by atoms with Crippen molar-refractivity contribution < 1.29 is 4.79 Å². The van der Waals surface area contributed by atoms with Crippen LogP contribution in [-0.2, 0) is 4.79 Å². The second kappa shape index (κ2) is 8.94. The first kappa shape index (κ1) is 17.0. The first-order valence-electron chi connectivity index (χ1n) is 8.85. The van der Waals surface area contributed by atoms with E-state index in [0.29, 0.717) is 0 Å². The van der Waals surface area contributed by atoms with Crippen LogP contribution in [0.25, 0.3) is 0 Å². The highest BCUT2D eigenvalue weighted by molar-refractivity contribution is 5.83. The Morgan fingerprint density at radius 2 is 1.55 bits per heavy atom. The number of rotatable bonds is 5. The second-order valence-electron chi connectivity index (χ2n) is 6.13. The van der Waals surface area contributed by atoms with Crippen molar-refractivity contribution in [2.45, 2.75) is 52.0 Å². The van der Waals surface area contributed by atoms with Gasteiger partial charge in [0.1, 0.15) is 6.04 Å². The SMILES string of the molecule is CCN(CC)C(C(=O)N1CCCCCCC1)c1ccccc1. The van der Waals surface area contributed by atoms with Crippen molar-refractivity contribution in [2.24, 2.45) is 0 Å². The summed E-state index contributed by atoms with van der Waals surface area (Å²) < 4.78 is 0. The number of amides is 1. The first-order valence-corrected chi connectivity index (χ1v) is 8.85. The first-order chi connectivity index (χ1) is 10.8. The van der Waals surface area contributed by atoms with E-state index in [0.717, 1.165) is 44.6 Å². The van der Waals surface area contributed by atoms with Gasteiger partial charge in [-0.05, 0) is 31.5 Å². The summed E-state index contributed by atoms with van der Waals surface area (Å²) in [6.07, 6.45) is 6.12. The van der Waals surface area contributed by atoms with E-state index in [2.05, 4.69) is 35.8 Å². The summed E-state index contributed by atoms with van der Waals surface area (Å²) in [5.74, 6) is 0.289. The van der Waals surface area contributed by atoms with E-state index >= 15 is 0 Å². The third-order valence-corrected chi connectivity index (χ3v) is 4.69. The van der Waals surface area contributed by atoms with Crippen molar-refractivity contribution in [1.29, 1.82) is 0 Å². The lowest BCUT2D eigenvalue weighted by molar-refractivity contribution is -0.137. The van der Waals surface area contributed by atoms with E-state index in [1.54, 1.807) is 0 Å². The molecule has 0 spiro atoms. The molecule has 1 heterocycles. The van der Waals surface area contributed by atoms with Gasteiger partial charge in [0.2, 0.25) is 5.91 Å². The molecule has 1 saturated heterocycles. The standard InChI is InChI=1S/C19H30N2O/c1-3-20(4-2)18(17-13-9-8-10-14-17)19(22)21-15-11-6-5-7-12-16-21/h8-10,13-14,18H,3-7,11-12,15-16H2,1-2H3. The number of hydrogen-bond donors (Lipinski definition) is 0. The average Bonchev–Trinajstić information content (AvgIpc) is 2.52. The Labute approximate surface area is 135 Å². The Hall–Kier alpha value is -1.35. The Morgan fingerprint density at radius 1 is 1.00 bits per heavy atom. The van der Waals surface area contributed by atoms with Crippen LogP contribution >= 0.6 is 0 Å². The predicted molar refractivity (Wildman–Crippen MR) is 91.8 cm³/mol. The lowest BCUT2D eigenvalue weighted by atomic mass is 10.0. The Morgan fingerprint density at radius 3 is 2.09 bits per heavy atom. The Balaban J connectivity index is 2.21. The number of likely N-dealkylation sites (tertiary alicyclic amines) is 1. The molecule has 0 radical (unpaired) electrons. The molecule has 2 rings (SSSR count). The van der Waals surface area contributed by atoms with Gasteiger partial charge in [0.25, 0.3) is 0 Å². The molecular formula is C19H30N2O. The molecule has 1 amide bonds. The largest absolute Gasteiger partial charge is 0.341 e. The highest BCUT2D eigenvalue weighted by Crippen LogP contribution is 2.24. The molecular weight excluding hydrogens is 272 g/mol. The number of carbonyl (C=O) groups is 1. The summed E-state index contributed by atoms with van der Waals surface area (Å²) in [5.41, 5.74) is 1.12. The van der Waals surface area contributed by atoms with Gasteiger partial charge in [0.15, 0.2) is 0 Å². The van der Waals surface area contributed by atoms with Gasteiger partial charge in [0.05, 0.1) is 0 Å². The van der Waals surface area contributed by atoms with Crippen LogP contribution in [0.1, 0.15) is 57.6 Å². The van der Waals surface area contributed by atoms with Gasteiger partial charge in [-0.1, -0.05) is 63.4 Å². The topological polar surface area (TPSA) is 23.6 Å². The Bertz CT molecular complexity index is 434. The summed E-state index contributed by atoms with van der Waals surface area (Å²) in [6, 6.07) is 10.1. The third-order valence-electron chi connectivity index (χ3n) is 4.69. The number of benzene rings is 1. The Kier molecular flexibility index (Phi) is 6.91. The summed E-state index contributed by atoms with van der Waals surface area (Å²) in [4.78, 5) is 17.6. The number of hydrogen-bond acceptors (Lipinski definition) is 2. The van der Waals surface area contributed by atoms with E-state index in [-0.39, 0.29) is 11.9 Å². The molecule has 1 aliphatic heterocycles. The van der Waals surface area contributed by atoms with E-state index < -0.39 is 0 Å². The van der Waals surface area contributed by atoms with Gasteiger partial charge in [-0.15, -0.1) is 0 Å². The van der Waals surface area contributed by atoms with Crippen LogP contribution < -0.4 is 0 Å². The van der Waals surface area contributed by atoms with Gasteiger partial charge in [-0.2, -0.15) is 0 Å². The summed E-state index contributed by atoms with van der Waals surface area (Å²) >= 11 is 0. The molecule has 0 bridgehead atoms. The maximum Gasteiger partial charge on any atom is 0.244 e. The average molecular weight is 302 g/mol. The quantitative estimate of drug-likeness (QED) is 0.824. The normalized spacial score (nSPS) is 17.9. The van der Waals surface area contributed by atoms with Crippen LogP contribution in [0.5, 0.6) is 0 Å². The van der Waals surface area contributed by atoms with Crippen LogP contribution in [0.3, 0.4) is 0 Å². The van der Waals surface area contributed by atoms with Crippen molar-refractivity contribution in [3.63, 3.8) is 0 Å². The predicted octanol–water partition coefficient (Wildman–Crippen LogP) is 3.86. The van der Waals surface area contributed by atoms with Crippen molar-refractivity contribution in [2.75, 3.05) is 26.2 Å². The fourth-order valence-electron chi connectivity index (χ4n) is 3.37. The zero-order chi connectivity index (χ0) is 15.8. The van der Waals surface area contributed by atoms with Crippen LogP contribution in [0.4, 0.5) is 0 Å². The number of carbonyl (C=O) groups excluding carboxylic acids is 1. The van der Waals surface area contributed by atoms with Gasteiger partial charge in [0, 0.05) is 13.1 Å². The molecule has 1 fully saturated rings. The molecule has 0 aliphatic carbocycles. The van der Waals surface area contributed by atoms with E-state index in [9.17, 15) is 4.79 Å². The van der Waals surface area contributed by atoms with Gasteiger partial charge < -0.3 is 4.90 Å². The van der Waals surface area contributed by atoms with Gasteiger partial charge in [-0.3, -0.25) is 9.69 Å². The monoisotopic (exact) mass is 302 g/mol. The van der Waals surface area contributed by atoms with Crippen molar-refractivity contribution in [3.05, 3.63) is 35.9 Å². The zero-order valence-corrected chi connectivity index (χ0v) is 14.1. The minimum absolute atomic E-state index is 0.129. The van der Waals surface area contributed by atoms with Crippen LogP contribution in [-0.4, -0.2) is 41.9 Å². The van der Waals surface area contributed by atoms with E-state index in [4.69, 9.17) is 0 Å². The lowest BCUT2D eigenvalue weighted by Gasteiger charge is -2.34. The molecule has 0 aromatic heterocycles. The molecule has 22 heavy (non-hydrogen) atoms. The van der Waals surface area contributed by atoms with Gasteiger partial charge in [-0.25, -0.2) is 0 Å². The van der Waals surface area contributed by atoms with Crippen molar-refractivity contribution >= 4 is 5.91 Å². The molecule has 1 atom stereocenters. The minimum atomic E-state index is -0.129. The molecule has 0 N–H and O–H groups in total. The van der Waals surface area contributed by atoms with Crippen LogP contribution in [0.15, 0.2) is 30.3 Å². The number of nitrogens with zero attached hydrogens (tertiary/aromatic N) is 2. The van der Waals surface area contributed by atoms with Crippen LogP contribution in [0, 0.1) is 0 Å². The fraction of sp³-hybridized carbons (Fsp3) is 0.632. The van der Waals surface area contributed by atoms with E-state index in [1.165, 1.54) is 19.3 Å². The minimum Gasteiger partial charge on any atom is -0.341 e. The summed E-state index contributed by atoms with van der Waals surface area (Å²) in [7, 11) is 0. The van der Waals surface area contributed by atoms with Crippen molar-refractivity contribution in [3.8, 4) is 0 Å². The van der Waals surface area contributed by atoms with Crippen LogP contribution in [0.2, 0.25) is 0 Å². The maximum absolute atomic E-state index is 13.2. The lowest BCUT2D eigenvalue weighted by Crippen LogP contribution is -2.44. The number of likely N-dealkylation sites (N-methyl/N-ethyl adjacent to an activating group) is 1. The molecule has 1 aromatic carbocycles. The highest BCUT2D eigenvalue weighted by atomic mass is 16.2. The third kappa shape index (κ3) is 4.33. The van der Waals surface area contributed by atoms with Gasteiger partial charge >= 0.3 is 0 Å². The maximum atomic E-state index is 13.2. The molecule has 1 aliphatic rings. The molecule has 1 aromatic rings. The fourth-order valence-corrected chi connectivity index (χ4v) is 3.37. The van der Waals surface area contributed by atoms with Crippen molar-refractivity contribution in [1.82, 2.24) is 9.80 Å². The molecule has 0 saturated carbocycles. The second-order valence-corrected chi connectivity index (χ2v) is 6.13. The molecule has 3 nitrogen and oxygen atoms in total. The van der Waals surface area contributed by atoms with E-state index in [1.807, 2.05) is 18.2 Å². The highest BCUT2D eigenvalue weighted by Gasteiger charge is 2.29. The molecule has 1 unspecified atom stereocenters. The molecule has 122 valence electrons. The summed E-state index contributed by atoms with van der Waals surface area (Å²) in [5, 5.41) is 0. The summed E-state index contributed by atoms with van der Waals surface area (Å²) in [6.45, 7) is 7.92. The zero-order valence-electron chi connectivity index (χ0n) is 14.1. The smallest absolute Gasteiger partial charge is 0.244 e.